The molecule has 0 aliphatic rings. The highest BCUT2D eigenvalue weighted by molar-refractivity contribution is 6.08. The molecule has 24 heavy (non-hydrogen) atoms. The van der Waals surface area contributed by atoms with Crippen molar-refractivity contribution in [2.45, 2.75) is 6.92 Å². The number of carbonyl (C=O) groups excluding carboxylic acids is 2. The lowest BCUT2D eigenvalue weighted by molar-refractivity contribution is 0.0555. The summed E-state index contributed by atoms with van der Waals surface area (Å²) >= 11 is 0. The molecule has 0 amide bonds. The number of carbonyl (C=O) groups is 2. The molecular formula is C18H16FNO4. The highest BCUT2D eigenvalue weighted by atomic mass is 19.1. The molecule has 0 saturated heterocycles. The molecule has 0 spiro atoms. The van der Waals surface area contributed by atoms with Gasteiger partial charge < -0.3 is 9.47 Å². The van der Waals surface area contributed by atoms with Crippen LogP contribution in [0.25, 0.3) is 0 Å². The van der Waals surface area contributed by atoms with Crippen LogP contribution in [0, 0.1) is 12.7 Å². The predicted octanol–water partition coefficient (Wildman–Crippen LogP) is 3.46. The highest BCUT2D eigenvalue weighted by Crippen LogP contribution is 2.22. The van der Waals surface area contributed by atoms with E-state index in [0.29, 0.717) is 16.8 Å². The molecule has 0 aliphatic carbocycles. The lowest BCUT2D eigenvalue weighted by atomic mass is 10.0. The third-order valence-electron chi connectivity index (χ3n) is 3.47. The summed E-state index contributed by atoms with van der Waals surface area (Å²) in [6.07, 6.45) is 1.39. The van der Waals surface area contributed by atoms with Gasteiger partial charge in [0.25, 0.3) is 0 Å². The van der Waals surface area contributed by atoms with Gasteiger partial charge in [-0.25, -0.2) is 14.0 Å². The number of nitrogens with zero attached hydrogens (tertiary/aromatic N) is 1. The van der Waals surface area contributed by atoms with Crippen molar-refractivity contribution in [2.24, 2.45) is 4.99 Å². The predicted molar refractivity (Wildman–Crippen MR) is 87.5 cm³/mol. The number of aliphatic imine (C=N–C) groups is 1. The molecule has 0 bridgehead atoms. The van der Waals surface area contributed by atoms with E-state index < -0.39 is 11.9 Å². The molecule has 0 saturated carbocycles. The minimum atomic E-state index is -0.687. The molecule has 0 aromatic heterocycles. The molecule has 2 rings (SSSR count). The Morgan fingerprint density at radius 3 is 2.38 bits per heavy atom. The molecule has 124 valence electrons. The molecule has 6 heteroatoms. The van der Waals surface area contributed by atoms with Gasteiger partial charge in [0.1, 0.15) is 5.82 Å². The van der Waals surface area contributed by atoms with E-state index in [4.69, 9.17) is 4.74 Å². The molecular weight excluding hydrogens is 313 g/mol. The second-order valence-corrected chi connectivity index (χ2v) is 4.90. The normalized spacial score (nSPS) is 10.7. The van der Waals surface area contributed by atoms with Crippen LogP contribution in [0.3, 0.4) is 0 Å². The van der Waals surface area contributed by atoms with Gasteiger partial charge in [-0.15, -0.1) is 0 Å². The smallest absolute Gasteiger partial charge is 0.339 e. The summed E-state index contributed by atoms with van der Waals surface area (Å²) in [5.41, 5.74) is 1.30. The van der Waals surface area contributed by atoms with E-state index >= 15 is 0 Å². The molecule has 0 aliphatic heterocycles. The van der Waals surface area contributed by atoms with E-state index in [0.717, 1.165) is 0 Å². The third-order valence-corrected chi connectivity index (χ3v) is 3.47. The second-order valence-electron chi connectivity index (χ2n) is 4.90. The van der Waals surface area contributed by atoms with Gasteiger partial charge in [0, 0.05) is 17.3 Å². The topological polar surface area (TPSA) is 65.0 Å². The van der Waals surface area contributed by atoms with Gasteiger partial charge in [-0.2, -0.15) is 0 Å². The molecule has 0 heterocycles. The van der Waals surface area contributed by atoms with Crippen LogP contribution >= 0.6 is 0 Å². The van der Waals surface area contributed by atoms with E-state index in [2.05, 4.69) is 9.73 Å². The van der Waals surface area contributed by atoms with Gasteiger partial charge in [-0.05, 0) is 25.1 Å². The number of rotatable bonds is 4. The lowest BCUT2D eigenvalue weighted by Crippen LogP contribution is -2.14. The van der Waals surface area contributed by atoms with Crippen LogP contribution in [0.5, 0.6) is 0 Å². The van der Waals surface area contributed by atoms with Crippen molar-refractivity contribution in [3.8, 4) is 0 Å². The maximum Gasteiger partial charge on any atom is 0.339 e. The summed E-state index contributed by atoms with van der Waals surface area (Å²) in [6.45, 7) is 1.61. The van der Waals surface area contributed by atoms with Crippen molar-refractivity contribution < 1.29 is 23.5 Å². The molecule has 5 nitrogen and oxygen atoms in total. The maximum absolute atomic E-state index is 13.6. The van der Waals surface area contributed by atoms with Crippen LogP contribution in [-0.4, -0.2) is 32.4 Å². The Hall–Kier alpha value is -3.02. The SMILES string of the molecule is COC(=O)c1cccc(C=Nc2cccc(F)c2C)c1C(=O)OC. The van der Waals surface area contributed by atoms with E-state index in [9.17, 15) is 14.0 Å². The zero-order valence-electron chi connectivity index (χ0n) is 13.5. The van der Waals surface area contributed by atoms with Crippen molar-refractivity contribution in [1.29, 1.82) is 0 Å². The van der Waals surface area contributed by atoms with E-state index in [-0.39, 0.29) is 16.9 Å². The summed E-state index contributed by atoms with van der Waals surface area (Å²) in [5.74, 6) is -1.72. The first-order valence-corrected chi connectivity index (χ1v) is 7.08. The number of hydrogen-bond donors (Lipinski definition) is 0. The van der Waals surface area contributed by atoms with Gasteiger partial charge in [-0.3, -0.25) is 4.99 Å². The Labute approximate surface area is 138 Å². The van der Waals surface area contributed by atoms with Crippen LogP contribution in [-0.2, 0) is 9.47 Å². The fourth-order valence-corrected chi connectivity index (χ4v) is 2.16. The largest absolute Gasteiger partial charge is 0.465 e. The first kappa shape index (κ1) is 17.3. The number of halogens is 1. The lowest BCUT2D eigenvalue weighted by Gasteiger charge is -2.09. The van der Waals surface area contributed by atoms with Crippen molar-refractivity contribution in [3.05, 3.63) is 64.5 Å². The van der Waals surface area contributed by atoms with Gasteiger partial charge in [0.2, 0.25) is 0 Å². The number of ether oxygens (including phenoxy) is 2. The summed E-state index contributed by atoms with van der Waals surface area (Å²) in [4.78, 5) is 28.1. The minimum absolute atomic E-state index is 0.0460. The van der Waals surface area contributed by atoms with Gasteiger partial charge in [-0.1, -0.05) is 18.2 Å². The Balaban J connectivity index is 2.54. The molecule has 2 aromatic rings. The highest BCUT2D eigenvalue weighted by Gasteiger charge is 2.21. The molecule has 0 unspecified atom stereocenters. The van der Waals surface area contributed by atoms with Crippen LogP contribution in [0.4, 0.5) is 10.1 Å². The first-order valence-electron chi connectivity index (χ1n) is 7.08. The minimum Gasteiger partial charge on any atom is -0.465 e. The average Bonchev–Trinajstić information content (AvgIpc) is 2.61. The number of methoxy groups -OCH3 is 2. The number of hydrogen-bond acceptors (Lipinski definition) is 5. The number of benzene rings is 2. The summed E-state index contributed by atoms with van der Waals surface area (Å²) in [7, 11) is 2.44. The standard InChI is InChI=1S/C18H16FNO4/c1-11-14(19)8-5-9-15(11)20-10-12-6-4-7-13(17(21)23-2)16(12)18(22)24-3/h4-10H,1-3H3. The summed E-state index contributed by atoms with van der Waals surface area (Å²) in [5, 5.41) is 0. The summed E-state index contributed by atoms with van der Waals surface area (Å²) in [6, 6.07) is 9.20. The maximum atomic E-state index is 13.6. The summed E-state index contributed by atoms with van der Waals surface area (Å²) < 4.78 is 23.0. The van der Waals surface area contributed by atoms with Gasteiger partial charge in [0.05, 0.1) is 31.0 Å². The van der Waals surface area contributed by atoms with Crippen LogP contribution in [0.2, 0.25) is 0 Å². The molecule has 0 fully saturated rings. The van der Waals surface area contributed by atoms with Crippen molar-refractivity contribution in [1.82, 2.24) is 0 Å². The average molecular weight is 329 g/mol. The fourth-order valence-electron chi connectivity index (χ4n) is 2.16. The van der Waals surface area contributed by atoms with Gasteiger partial charge in [0.15, 0.2) is 0 Å². The zero-order chi connectivity index (χ0) is 17.7. The Morgan fingerprint density at radius 1 is 1.04 bits per heavy atom. The second kappa shape index (κ2) is 7.50. The monoisotopic (exact) mass is 329 g/mol. The van der Waals surface area contributed by atoms with Crippen molar-refractivity contribution in [2.75, 3.05) is 14.2 Å². The fraction of sp³-hybridized carbons (Fsp3) is 0.167. The van der Waals surface area contributed by atoms with Crippen molar-refractivity contribution >= 4 is 23.8 Å². The van der Waals surface area contributed by atoms with E-state index in [1.807, 2.05) is 0 Å². The Morgan fingerprint density at radius 2 is 1.71 bits per heavy atom. The van der Waals surface area contributed by atoms with Crippen LogP contribution in [0.15, 0.2) is 41.4 Å². The third kappa shape index (κ3) is 3.48. The quantitative estimate of drug-likeness (QED) is 0.636. The Kier molecular flexibility index (Phi) is 5.42. The van der Waals surface area contributed by atoms with E-state index in [1.54, 1.807) is 31.2 Å². The van der Waals surface area contributed by atoms with Crippen molar-refractivity contribution in [3.63, 3.8) is 0 Å². The molecule has 0 N–H and O–H groups in total. The molecule has 0 radical (unpaired) electrons. The van der Waals surface area contributed by atoms with Crippen LogP contribution < -0.4 is 0 Å². The molecule has 2 aromatic carbocycles. The first-order chi connectivity index (χ1) is 11.5. The molecule has 0 atom stereocenters. The van der Waals surface area contributed by atoms with Gasteiger partial charge >= 0.3 is 11.9 Å². The Bertz CT molecular complexity index is 815. The number of esters is 2. The van der Waals surface area contributed by atoms with E-state index in [1.165, 1.54) is 32.6 Å². The van der Waals surface area contributed by atoms with Crippen LogP contribution in [0.1, 0.15) is 31.8 Å². The zero-order valence-corrected chi connectivity index (χ0v) is 13.5.